The summed E-state index contributed by atoms with van der Waals surface area (Å²) in [6.45, 7) is 0.380. The number of amides is 2. The second kappa shape index (κ2) is 8.92. The van der Waals surface area contributed by atoms with Crippen molar-refractivity contribution in [1.29, 1.82) is 0 Å². The Hall–Kier alpha value is -2.51. The van der Waals surface area contributed by atoms with Crippen LogP contribution >= 0.6 is 23.4 Å². The third-order valence-electron chi connectivity index (χ3n) is 3.88. The number of hydrogen-bond acceptors (Lipinski definition) is 5. The number of aliphatic imine (C=N–C) groups is 1. The van der Waals surface area contributed by atoms with E-state index in [9.17, 15) is 9.59 Å². The maximum Gasteiger partial charge on any atom is 0.240 e. The van der Waals surface area contributed by atoms with Gasteiger partial charge in [0, 0.05) is 12.0 Å². The summed E-state index contributed by atoms with van der Waals surface area (Å²) in [5.41, 5.74) is 1.44. The van der Waals surface area contributed by atoms with Crippen LogP contribution in [0.25, 0.3) is 0 Å². The van der Waals surface area contributed by atoms with Crippen molar-refractivity contribution in [2.75, 3.05) is 12.4 Å². The number of rotatable bonds is 6. The number of carbonyl (C=O) groups is 2. The molecule has 1 saturated heterocycles. The lowest BCUT2D eigenvalue weighted by Gasteiger charge is -2.08. The molecule has 1 aliphatic heterocycles. The number of hydrogen-bond donors (Lipinski definition) is 2. The number of para-hydroxylation sites is 2. The molecule has 0 aromatic heterocycles. The van der Waals surface area contributed by atoms with E-state index in [1.54, 1.807) is 31.4 Å². The smallest absolute Gasteiger partial charge is 0.240 e. The van der Waals surface area contributed by atoms with Crippen LogP contribution in [0, 0.1) is 0 Å². The molecule has 8 heteroatoms. The Kier molecular flexibility index (Phi) is 6.36. The van der Waals surface area contributed by atoms with Crippen LogP contribution in [0.3, 0.4) is 0 Å². The van der Waals surface area contributed by atoms with Crippen molar-refractivity contribution in [3.05, 3.63) is 59.1 Å². The summed E-state index contributed by atoms with van der Waals surface area (Å²) in [5.74, 6) is 0.238. The zero-order valence-electron chi connectivity index (χ0n) is 14.6. The fourth-order valence-corrected chi connectivity index (χ4v) is 3.69. The molecule has 140 valence electrons. The number of carbonyl (C=O) groups excluding carboxylic acids is 2. The van der Waals surface area contributed by atoms with Gasteiger partial charge >= 0.3 is 0 Å². The molecule has 0 aliphatic carbocycles. The fraction of sp³-hybridized carbons (Fsp3) is 0.211. The van der Waals surface area contributed by atoms with Crippen molar-refractivity contribution in [3.63, 3.8) is 0 Å². The minimum absolute atomic E-state index is 0.0371. The summed E-state index contributed by atoms with van der Waals surface area (Å²) in [5, 5.41) is 5.87. The lowest BCUT2D eigenvalue weighted by atomic mass is 10.2. The zero-order chi connectivity index (χ0) is 19.2. The van der Waals surface area contributed by atoms with Crippen LogP contribution < -0.4 is 15.4 Å². The molecule has 1 fully saturated rings. The summed E-state index contributed by atoms with van der Waals surface area (Å²) in [6, 6.07) is 14.5. The van der Waals surface area contributed by atoms with Gasteiger partial charge in [-0.2, -0.15) is 0 Å². The molecular formula is C19H18ClN3O3S. The van der Waals surface area contributed by atoms with E-state index in [1.165, 1.54) is 11.8 Å². The molecular weight excluding hydrogens is 386 g/mol. The predicted molar refractivity (Wildman–Crippen MR) is 108 cm³/mol. The molecule has 0 spiro atoms. The minimum Gasteiger partial charge on any atom is -0.496 e. The van der Waals surface area contributed by atoms with Crippen molar-refractivity contribution < 1.29 is 14.3 Å². The highest BCUT2D eigenvalue weighted by Crippen LogP contribution is 2.26. The Morgan fingerprint density at radius 3 is 2.78 bits per heavy atom. The SMILES string of the molecule is COc1ccccc1CN=C1NC(=O)[C@@H](CC(=O)Nc2ccccc2Cl)S1. The molecule has 1 heterocycles. The summed E-state index contributed by atoms with van der Waals surface area (Å²) in [4.78, 5) is 28.8. The molecule has 1 aliphatic rings. The molecule has 2 N–H and O–H groups in total. The van der Waals surface area contributed by atoms with Crippen molar-refractivity contribution >= 4 is 46.0 Å². The fourth-order valence-electron chi connectivity index (χ4n) is 2.54. The summed E-state index contributed by atoms with van der Waals surface area (Å²) >= 11 is 7.28. The lowest BCUT2D eigenvalue weighted by Crippen LogP contribution is -2.28. The average molecular weight is 404 g/mol. The van der Waals surface area contributed by atoms with Gasteiger partial charge in [0.25, 0.3) is 0 Å². The highest BCUT2D eigenvalue weighted by molar-refractivity contribution is 8.15. The van der Waals surface area contributed by atoms with Gasteiger partial charge in [-0.15, -0.1) is 0 Å². The first kappa shape index (κ1) is 19.3. The van der Waals surface area contributed by atoms with Gasteiger partial charge < -0.3 is 15.4 Å². The second-order valence-electron chi connectivity index (χ2n) is 5.76. The highest BCUT2D eigenvalue weighted by Gasteiger charge is 2.32. The molecule has 6 nitrogen and oxygen atoms in total. The highest BCUT2D eigenvalue weighted by atomic mass is 35.5. The predicted octanol–water partition coefficient (Wildman–Crippen LogP) is 3.47. The Labute approximate surface area is 166 Å². The average Bonchev–Trinajstić information content (AvgIpc) is 3.01. The van der Waals surface area contributed by atoms with Gasteiger partial charge in [-0.3, -0.25) is 14.6 Å². The number of anilines is 1. The quantitative estimate of drug-likeness (QED) is 0.774. The van der Waals surface area contributed by atoms with Gasteiger partial charge in [-0.1, -0.05) is 53.7 Å². The van der Waals surface area contributed by atoms with E-state index in [-0.39, 0.29) is 18.2 Å². The van der Waals surface area contributed by atoms with Crippen molar-refractivity contribution in [1.82, 2.24) is 5.32 Å². The molecule has 2 amide bonds. The third kappa shape index (κ3) is 5.02. The molecule has 0 bridgehead atoms. The number of thioether (sulfide) groups is 1. The largest absolute Gasteiger partial charge is 0.496 e. The van der Waals surface area contributed by atoms with E-state index in [0.29, 0.717) is 22.4 Å². The van der Waals surface area contributed by atoms with Crippen molar-refractivity contribution in [2.45, 2.75) is 18.2 Å². The van der Waals surface area contributed by atoms with Crippen LogP contribution in [-0.2, 0) is 16.1 Å². The van der Waals surface area contributed by atoms with E-state index in [2.05, 4.69) is 15.6 Å². The standard InChI is InChI=1S/C19H18ClN3O3S/c1-26-15-9-5-2-6-12(15)11-21-19-23-18(25)16(27-19)10-17(24)22-14-8-4-3-7-13(14)20/h2-9,16H,10-11H2,1H3,(H,22,24)(H,21,23,25)/t16-/m1/s1. The molecule has 3 rings (SSSR count). The zero-order valence-corrected chi connectivity index (χ0v) is 16.1. The number of methoxy groups -OCH3 is 1. The number of halogens is 1. The third-order valence-corrected chi connectivity index (χ3v) is 5.33. The number of benzene rings is 2. The van der Waals surface area contributed by atoms with E-state index >= 15 is 0 Å². The first-order valence-electron chi connectivity index (χ1n) is 8.25. The molecule has 0 unspecified atom stereocenters. The molecule has 27 heavy (non-hydrogen) atoms. The van der Waals surface area contributed by atoms with Gasteiger partial charge in [0.05, 0.1) is 24.4 Å². The van der Waals surface area contributed by atoms with Crippen LogP contribution in [0.15, 0.2) is 53.5 Å². The van der Waals surface area contributed by atoms with Crippen LogP contribution in [-0.4, -0.2) is 29.3 Å². The first-order chi connectivity index (χ1) is 13.1. The molecule has 1 atom stereocenters. The number of amidine groups is 1. The van der Waals surface area contributed by atoms with Crippen LogP contribution in [0.1, 0.15) is 12.0 Å². The Bertz CT molecular complexity index is 888. The molecule has 2 aromatic carbocycles. The van der Waals surface area contributed by atoms with Crippen LogP contribution in [0.4, 0.5) is 5.69 Å². The van der Waals surface area contributed by atoms with E-state index in [4.69, 9.17) is 16.3 Å². The normalized spacial score (nSPS) is 17.6. The minimum atomic E-state index is -0.524. The Morgan fingerprint density at radius 1 is 1.26 bits per heavy atom. The van der Waals surface area contributed by atoms with Crippen molar-refractivity contribution in [3.8, 4) is 5.75 Å². The maximum absolute atomic E-state index is 12.2. The number of nitrogens with zero attached hydrogens (tertiary/aromatic N) is 1. The first-order valence-corrected chi connectivity index (χ1v) is 9.51. The van der Waals surface area contributed by atoms with Crippen molar-refractivity contribution in [2.24, 2.45) is 4.99 Å². The van der Waals surface area contributed by atoms with E-state index < -0.39 is 5.25 Å². The van der Waals surface area contributed by atoms with E-state index in [0.717, 1.165) is 11.3 Å². The lowest BCUT2D eigenvalue weighted by molar-refractivity contribution is -0.122. The topological polar surface area (TPSA) is 79.8 Å². The van der Waals surface area contributed by atoms with Crippen LogP contribution in [0.5, 0.6) is 5.75 Å². The monoisotopic (exact) mass is 403 g/mol. The summed E-state index contributed by atoms with van der Waals surface area (Å²) < 4.78 is 5.29. The van der Waals surface area contributed by atoms with Gasteiger partial charge in [-0.05, 0) is 18.2 Å². The van der Waals surface area contributed by atoms with Gasteiger partial charge in [-0.25, -0.2) is 0 Å². The summed E-state index contributed by atoms with van der Waals surface area (Å²) in [7, 11) is 1.60. The Balaban J connectivity index is 1.58. The van der Waals surface area contributed by atoms with Gasteiger partial charge in [0.15, 0.2) is 5.17 Å². The molecule has 0 radical (unpaired) electrons. The maximum atomic E-state index is 12.2. The number of nitrogens with one attached hydrogen (secondary N) is 2. The van der Waals surface area contributed by atoms with E-state index in [1.807, 2.05) is 24.3 Å². The molecule has 0 saturated carbocycles. The summed E-state index contributed by atoms with van der Waals surface area (Å²) in [6.07, 6.45) is 0.0371. The van der Waals surface area contributed by atoms with Gasteiger partial charge in [0.1, 0.15) is 11.0 Å². The van der Waals surface area contributed by atoms with Crippen LogP contribution in [0.2, 0.25) is 5.02 Å². The number of ether oxygens (including phenoxy) is 1. The molecule has 2 aromatic rings. The van der Waals surface area contributed by atoms with Gasteiger partial charge in [0.2, 0.25) is 11.8 Å². The second-order valence-corrected chi connectivity index (χ2v) is 7.36. The Morgan fingerprint density at radius 2 is 2.00 bits per heavy atom.